The highest BCUT2D eigenvalue weighted by Crippen LogP contribution is 2.36. The lowest BCUT2D eigenvalue weighted by molar-refractivity contribution is 0.123. The first-order chi connectivity index (χ1) is 10.9. The highest BCUT2D eigenvalue weighted by atomic mass is 127. The number of benzene rings is 2. The van der Waals surface area contributed by atoms with E-state index in [-0.39, 0.29) is 5.04 Å². The summed E-state index contributed by atoms with van der Waals surface area (Å²) in [5.41, 5.74) is 0. The molecule has 0 aromatic heterocycles. The van der Waals surface area contributed by atoms with Crippen molar-refractivity contribution in [3.05, 3.63) is 60.7 Å². The van der Waals surface area contributed by atoms with Crippen LogP contribution in [0.15, 0.2) is 60.7 Å². The summed E-state index contributed by atoms with van der Waals surface area (Å²) in [4.78, 5) is 0. The molecule has 1 unspecified atom stereocenters. The van der Waals surface area contributed by atoms with Gasteiger partial charge in [0, 0.05) is 4.43 Å². The van der Waals surface area contributed by atoms with E-state index in [0.29, 0.717) is 11.0 Å². The van der Waals surface area contributed by atoms with Crippen molar-refractivity contribution in [2.75, 3.05) is 11.0 Å². The van der Waals surface area contributed by atoms with Crippen LogP contribution in [0.1, 0.15) is 20.8 Å². The Morgan fingerprint density at radius 3 is 1.74 bits per heavy atom. The zero-order valence-electron chi connectivity index (χ0n) is 14.0. The predicted molar refractivity (Wildman–Crippen MR) is 108 cm³/mol. The van der Waals surface area contributed by atoms with Crippen LogP contribution in [0.25, 0.3) is 0 Å². The second kappa shape index (κ2) is 7.92. The molecule has 1 N–H and O–H groups in total. The van der Waals surface area contributed by atoms with E-state index in [9.17, 15) is 5.11 Å². The van der Waals surface area contributed by atoms with Crippen molar-refractivity contribution in [1.29, 1.82) is 0 Å². The van der Waals surface area contributed by atoms with Gasteiger partial charge in [-0.1, -0.05) is 104 Å². The van der Waals surface area contributed by atoms with E-state index in [1.165, 1.54) is 10.4 Å². The molecule has 1 atom stereocenters. The lowest BCUT2D eigenvalue weighted by atomic mass is 10.2. The molecule has 2 nitrogen and oxygen atoms in total. The van der Waals surface area contributed by atoms with E-state index in [4.69, 9.17) is 4.43 Å². The number of alkyl halides is 1. The Morgan fingerprint density at radius 1 is 0.957 bits per heavy atom. The molecule has 0 fully saturated rings. The number of aliphatic hydroxyl groups excluding tert-OH is 1. The van der Waals surface area contributed by atoms with E-state index in [1.807, 2.05) is 12.1 Å². The highest BCUT2D eigenvalue weighted by molar-refractivity contribution is 14.1. The lowest BCUT2D eigenvalue weighted by Gasteiger charge is -2.43. The van der Waals surface area contributed by atoms with E-state index >= 15 is 0 Å². The molecule has 0 saturated heterocycles. The molecule has 0 radical (unpaired) electrons. The van der Waals surface area contributed by atoms with Gasteiger partial charge in [0.2, 0.25) is 0 Å². The Bertz CT molecular complexity index is 556. The third kappa shape index (κ3) is 4.05. The summed E-state index contributed by atoms with van der Waals surface area (Å²) in [6.45, 7) is 7.11. The van der Waals surface area contributed by atoms with Gasteiger partial charge >= 0.3 is 0 Å². The highest BCUT2D eigenvalue weighted by Gasteiger charge is 2.50. The normalized spacial score (nSPS) is 13.8. The van der Waals surface area contributed by atoms with Gasteiger partial charge in [-0.15, -0.1) is 0 Å². The molecule has 0 aliphatic heterocycles. The van der Waals surface area contributed by atoms with E-state index in [0.717, 1.165) is 0 Å². The van der Waals surface area contributed by atoms with E-state index in [2.05, 4.69) is 91.9 Å². The SMILES string of the molecule is CC(C)(C)[Si](OCC(O)CI)(c1ccccc1)c1ccccc1. The van der Waals surface area contributed by atoms with Crippen molar-refractivity contribution < 1.29 is 9.53 Å². The zero-order valence-corrected chi connectivity index (χ0v) is 17.2. The lowest BCUT2D eigenvalue weighted by Crippen LogP contribution is -2.67. The predicted octanol–water partition coefficient (Wildman–Crippen LogP) is 3.36. The second-order valence-electron chi connectivity index (χ2n) is 6.78. The molecule has 23 heavy (non-hydrogen) atoms. The summed E-state index contributed by atoms with van der Waals surface area (Å²) in [5, 5.41) is 12.5. The van der Waals surface area contributed by atoms with Crippen LogP contribution < -0.4 is 10.4 Å². The van der Waals surface area contributed by atoms with Crippen LogP contribution >= 0.6 is 22.6 Å². The molecule has 0 aliphatic rings. The summed E-state index contributed by atoms with van der Waals surface area (Å²) in [6.07, 6.45) is -0.433. The molecule has 124 valence electrons. The Morgan fingerprint density at radius 2 is 1.39 bits per heavy atom. The maximum absolute atomic E-state index is 10.1. The van der Waals surface area contributed by atoms with Crippen LogP contribution in [0.5, 0.6) is 0 Å². The Hall–Kier alpha value is -0.693. The number of hydrogen-bond acceptors (Lipinski definition) is 2. The molecule has 2 rings (SSSR count). The van der Waals surface area contributed by atoms with Gasteiger partial charge in [0.15, 0.2) is 0 Å². The van der Waals surface area contributed by atoms with Gasteiger partial charge < -0.3 is 9.53 Å². The topological polar surface area (TPSA) is 29.5 Å². The third-order valence-corrected chi connectivity index (χ3v) is 10.1. The van der Waals surface area contributed by atoms with Gasteiger partial charge in [0.1, 0.15) is 0 Å². The second-order valence-corrected chi connectivity index (χ2v) is 12.0. The van der Waals surface area contributed by atoms with Crippen LogP contribution in [0, 0.1) is 0 Å². The number of halogens is 1. The van der Waals surface area contributed by atoms with Gasteiger partial charge in [-0.2, -0.15) is 0 Å². The minimum atomic E-state index is -2.49. The molecule has 0 bridgehead atoms. The molecule has 4 heteroatoms. The average molecular weight is 440 g/mol. The standard InChI is InChI=1S/C19H25IO2Si/c1-19(2,3)23(22-15-16(21)14-20,17-10-6-4-7-11-17)18-12-8-5-9-13-18/h4-13,16,21H,14-15H2,1-3H3. The minimum absolute atomic E-state index is 0.0410. The van der Waals surface area contributed by atoms with Crippen molar-refractivity contribution in [3.8, 4) is 0 Å². The first kappa shape index (κ1) is 18.6. The summed E-state index contributed by atoms with van der Waals surface area (Å²) < 4.78 is 7.28. The van der Waals surface area contributed by atoms with Crippen molar-refractivity contribution >= 4 is 41.3 Å². The van der Waals surface area contributed by atoms with Crippen LogP contribution in [0.4, 0.5) is 0 Å². The molecule has 0 saturated carbocycles. The maximum atomic E-state index is 10.1. The summed E-state index contributed by atoms with van der Waals surface area (Å²) in [7, 11) is -2.49. The molecule has 0 heterocycles. The molecular formula is C19H25IO2Si. The molecule has 2 aromatic rings. The summed E-state index contributed by atoms with van der Waals surface area (Å²) in [6, 6.07) is 21.0. The fourth-order valence-electron chi connectivity index (χ4n) is 3.03. The van der Waals surface area contributed by atoms with Crippen LogP contribution in [-0.2, 0) is 4.43 Å². The number of rotatable bonds is 6. The van der Waals surface area contributed by atoms with Crippen LogP contribution in [0.3, 0.4) is 0 Å². The quantitative estimate of drug-likeness (QED) is 0.424. The van der Waals surface area contributed by atoms with Crippen molar-refractivity contribution in [1.82, 2.24) is 0 Å². The summed E-state index contributed by atoms with van der Waals surface area (Å²) >= 11 is 2.20. The molecule has 0 aliphatic carbocycles. The Kier molecular flexibility index (Phi) is 6.42. The number of hydrogen-bond donors (Lipinski definition) is 1. The molecule has 0 spiro atoms. The first-order valence-electron chi connectivity index (χ1n) is 7.91. The molecule has 0 amide bonds. The summed E-state index contributed by atoms with van der Waals surface area (Å²) in [5.74, 6) is 0. The van der Waals surface area contributed by atoms with Crippen LogP contribution in [-0.4, -0.2) is 30.6 Å². The fourth-order valence-corrected chi connectivity index (χ4v) is 7.88. The van der Waals surface area contributed by atoms with Gasteiger partial charge in [-0.05, 0) is 15.4 Å². The molecule has 2 aromatic carbocycles. The van der Waals surface area contributed by atoms with Crippen molar-refractivity contribution in [3.63, 3.8) is 0 Å². The van der Waals surface area contributed by atoms with Crippen molar-refractivity contribution in [2.45, 2.75) is 31.9 Å². The van der Waals surface area contributed by atoms with E-state index < -0.39 is 14.4 Å². The smallest absolute Gasteiger partial charge is 0.261 e. The maximum Gasteiger partial charge on any atom is 0.261 e. The first-order valence-corrected chi connectivity index (χ1v) is 11.3. The Labute approximate surface area is 154 Å². The van der Waals surface area contributed by atoms with E-state index in [1.54, 1.807) is 0 Å². The third-order valence-electron chi connectivity index (χ3n) is 4.09. The largest absolute Gasteiger partial charge is 0.405 e. The fraction of sp³-hybridized carbons (Fsp3) is 0.368. The van der Waals surface area contributed by atoms with Crippen LogP contribution in [0.2, 0.25) is 5.04 Å². The zero-order chi connectivity index (χ0) is 16.9. The average Bonchev–Trinajstić information content (AvgIpc) is 2.56. The minimum Gasteiger partial charge on any atom is -0.405 e. The van der Waals surface area contributed by atoms with Gasteiger partial charge in [0.25, 0.3) is 8.32 Å². The van der Waals surface area contributed by atoms with Crippen molar-refractivity contribution in [2.24, 2.45) is 0 Å². The van der Waals surface area contributed by atoms with Gasteiger partial charge in [-0.3, -0.25) is 0 Å². The monoisotopic (exact) mass is 440 g/mol. The van der Waals surface area contributed by atoms with Gasteiger partial charge in [-0.25, -0.2) is 0 Å². The molecular weight excluding hydrogens is 415 g/mol. The Balaban J connectivity index is 2.60. The van der Waals surface area contributed by atoms with Gasteiger partial charge in [0.05, 0.1) is 12.7 Å². The number of aliphatic hydroxyl groups is 1.